The molecular formula is C12H18O8. The summed E-state index contributed by atoms with van der Waals surface area (Å²) in [5, 5.41) is 0. The second-order valence-corrected chi connectivity index (χ2v) is 4.49. The Morgan fingerprint density at radius 2 is 1.55 bits per heavy atom. The number of hydrogen-bond donors (Lipinski definition) is 0. The van der Waals surface area contributed by atoms with E-state index in [2.05, 4.69) is 9.47 Å². The summed E-state index contributed by atoms with van der Waals surface area (Å²) in [5.41, 5.74) is 0. The molecule has 2 fully saturated rings. The topological polar surface area (TPSA) is 89.5 Å². The molecule has 2 unspecified atom stereocenters. The molecule has 0 saturated carbocycles. The van der Waals surface area contributed by atoms with E-state index in [1.54, 1.807) is 0 Å². The Labute approximate surface area is 116 Å². The van der Waals surface area contributed by atoms with Crippen molar-refractivity contribution in [2.75, 3.05) is 26.4 Å². The van der Waals surface area contributed by atoms with Crippen LogP contribution in [-0.2, 0) is 28.4 Å². The van der Waals surface area contributed by atoms with Gasteiger partial charge in [0.1, 0.15) is 13.2 Å². The number of hydrogen-bond acceptors (Lipinski definition) is 8. The summed E-state index contributed by atoms with van der Waals surface area (Å²) < 4.78 is 30.1. The van der Waals surface area contributed by atoms with E-state index in [0.29, 0.717) is 6.42 Å². The molecule has 2 rings (SSSR count). The van der Waals surface area contributed by atoms with Gasteiger partial charge in [-0.15, -0.1) is 0 Å². The van der Waals surface area contributed by atoms with Crippen LogP contribution in [0.5, 0.6) is 0 Å². The second kappa shape index (κ2) is 7.30. The smallest absolute Gasteiger partial charge is 0.430 e. The lowest BCUT2D eigenvalue weighted by atomic mass is 10.3. The van der Waals surface area contributed by atoms with Gasteiger partial charge in [-0.2, -0.15) is 0 Å². The van der Waals surface area contributed by atoms with Gasteiger partial charge in [-0.3, -0.25) is 0 Å². The lowest BCUT2D eigenvalue weighted by molar-refractivity contribution is -0.168. The first-order chi connectivity index (χ1) is 9.67. The van der Waals surface area contributed by atoms with Crippen LogP contribution in [0.4, 0.5) is 9.59 Å². The minimum absolute atomic E-state index is 0.186. The molecule has 8 heteroatoms. The Kier molecular flexibility index (Phi) is 5.42. The summed E-state index contributed by atoms with van der Waals surface area (Å²) in [6.45, 7) is 2.78. The van der Waals surface area contributed by atoms with Crippen LogP contribution in [0.1, 0.15) is 19.8 Å². The third-order valence-electron chi connectivity index (χ3n) is 2.76. The van der Waals surface area contributed by atoms with Crippen molar-refractivity contribution in [2.24, 2.45) is 0 Å². The van der Waals surface area contributed by atoms with E-state index < -0.39 is 30.8 Å². The average molecular weight is 290 g/mol. The van der Waals surface area contributed by atoms with Gasteiger partial charge in [-0.1, -0.05) is 13.3 Å². The van der Waals surface area contributed by atoms with E-state index in [4.69, 9.17) is 18.9 Å². The Bertz CT molecular complexity index is 314. The Balaban J connectivity index is 1.66. The molecular weight excluding hydrogens is 272 g/mol. The molecule has 2 heterocycles. The highest BCUT2D eigenvalue weighted by atomic mass is 16.8. The summed E-state index contributed by atoms with van der Waals surface area (Å²) >= 11 is 0. The van der Waals surface area contributed by atoms with Crippen molar-refractivity contribution < 1.29 is 38.0 Å². The van der Waals surface area contributed by atoms with E-state index >= 15 is 0 Å². The van der Waals surface area contributed by atoms with Gasteiger partial charge in [-0.25, -0.2) is 9.59 Å². The molecule has 8 nitrogen and oxygen atoms in total. The first-order valence-corrected chi connectivity index (χ1v) is 6.57. The zero-order valence-corrected chi connectivity index (χ0v) is 11.2. The molecule has 2 aliphatic rings. The van der Waals surface area contributed by atoms with E-state index in [9.17, 15) is 9.59 Å². The first kappa shape index (κ1) is 14.9. The van der Waals surface area contributed by atoms with E-state index in [-0.39, 0.29) is 26.4 Å². The van der Waals surface area contributed by atoms with Crippen molar-refractivity contribution in [3.05, 3.63) is 0 Å². The summed E-state index contributed by atoms with van der Waals surface area (Å²) in [6.07, 6.45) is -1.06. The van der Waals surface area contributed by atoms with Gasteiger partial charge >= 0.3 is 12.3 Å². The maximum atomic E-state index is 10.8. The Hall–Kier alpha value is -1.54. The largest absolute Gasteiger partial charge is 0.508 e. The number of carbonyl (C=O) groups is 2. The summed E-state index contributed by atoms with van der Waals surface area (Å²) in [7, 11) is 0. The molecule has 0 N–H and O–H groups in total. The molecule has 2 aliphatic heterocycles. The standard InChI is InChI=1S/C12H18O8/c1-2-3-10(15-4-8-6-17-11(13)19-8)16-5-9-7-18-12(14)20-9/h8-10H,2-7H2,1H3. The van der Waals surface area contributed by atoms with Gasteiger partial charge in [0, 0.05) is 0 Å². The fraction of sp³-hybridized carbons (Fsp3) is 0.833. The highest BCUT2D eigenvalue weighted by Crippen LogP contribution is 2.13. The van der Waals surface area contributed by atoms with Crippen LogP contribution in [0.3, 0.4) is 0 Å². The molecule has 0 aliphatic carbocycles. The third kappa shape index (κ3) is 4.53. The number of carbonyl (C=O) groups excluding carboxylic acids is 2. The highest BCUT2D eigenvalue weighted by Gasteiger charge is 2.28. The summed E-state index contributed by atoms with van der Waals surface area (Å²) in [4.78, 5) is 21.5. The Morgan fingerprint density at radius 1 is 1.05 bits per heavy atom. The first-order valence-electron chi connectivity index (χ1n) is 6.57. The third-order valence-corrected chi connectivity index (χ3v) is 2.76. The van der Waals surface area contributed by atoms with Crippen molar-refractivity contribution in [1.82, 2.24) is 0 Å². The molecule has 0 radical (unpaired) electrons. The summed E-state index contributed by atoms with van der Waals surface area (Å²) in [5.74, 6) is 0. The zero-order chi connectivity index (χ0) is 14.4. The van der Waals surface area contributed by atoms with Crippen molar-refractivity contribution >= 4 is 12.3 Å². The minimum atomic E-state index is -0.679. The van der Waals surface area contributed by atoms with Crippen LogP contribution in [0.15, 0.2) is 0 Å². The van der Waals surface area contributed by atoms with Gasteiger partial charge < -0.3 is 28.4 Å². The highest BCUT2D eigenvalue weighted by molar-refractivity contribution is 5.62. The average Bonchev–Trinajstić information content (AvgIpc) is 3.02. The van der Waals surface area contributed by atoms with Crippen LogP contribution >= 0.6 is 0 Å². The zero-order valence-electron chi connectivity index (χ0n) is 11.2. The summed E-state index contributed by atoms with van der Waals surface area (Å²) in [6, 6.07) is 0. The fourth-order valence-corrected chi connectivity index (χ4v) is 1.77. The normalized spacial score (nSPS) is 26.6. The van der Waals surface area contributed by atoms with Crippen LogP contribution in [0.2, 0.25) is 0 Å². The van der Waals surface area contributed by atoms with Crippen molar-refractivity contribution in [3.8, 4) is 0 Å². The van der Waals surface area contributed by atoms with Crippen LogP contribution in [0, 0.1) is 0 Å². The molecule has 0 aromatic rings. The van der Waals surface area contributed by atoms with Crippen molar-refractivity contribution in [3.63, 3.8) is 0 Å². The van der Waals surface area contributed by atoms with Gasteiger partial charge in [0.05, 0.1) is 13.2 Å². The molecule has 0 aromatic heterocycles. The number of cyclic esters (lactones) is 4. The minimum Gasteiger partial charge on any atom is -0.430 e. The van der Waals surface area contributed by atoms with E-state index in [1.807, 2.05) is 6.92 Å². The van der Waals surface area contributed by atoms with Gasteiger partial charge in [0.2, 0.25) is 0 Å². The molecule has 0 amide bonds. The van der Waals surface area contributed by atoms with E-state index in [1.165, 1.54) is 0 Å². The predicted octanol–water partition coefficient (Wildman–Crippen LogP) is 1.22. The van der Waals surface area contributed by atoms with E-state index in [0.717, 1.165) is 6.42 Å². The lowest BCUT2D eigenvalue weighted by Gasteiger charge is -2.20. The number of rotatable bonds is 8. The molecule has 114 valence electrons. The maximum absolute atomic E-state index is 10.8. The molecule has 2 atom stereocenters. The molecule has 0 spiro atoms. The Morgan fingerprint density at radius 3 is 1.90 bits per heavy atom. The van der Waals surface area contributed by atoms with Gasteiger partial charge in [0.25, 0.3) is 0 Å². The maximum Gasteiger partial charge on any atom is 0.508 e. The second-order valence-electron chi connectivity index (χ2n) is 4.49. The lowest BCUT2D eigenvalue weighted by Crippen LogP contribution is -2.29. The van der Waals surface area contributed by atoms with Crippen LogP contribution < -0.4 is 0 Å². The van der Waals surface area contributed by atoms with Crippen LogP contribution in [0.25, 0.3) is 0 Å². The molecule has 0 aromatic carbocycles. The van der Waals surface area contributed by atoms with Gasteiger partial charge in [0.15, 0.2) is 18.5 Å². The van der Waals surface area contributed by atoms with Gasteiger partial charge in [-0.05, 0) is 6.42 Å². The molecule has 20 heavy (non-hydrogen) atoms. The predicted molar refractivity (Wildman–Crippen MR) is 63.0 cm³/mol. The number of ether oxygens (including phenoxy) is 6. The SMILES string of the molecule is CCCC(OCC1COC(=O)O1)OCC1COC(=O)O1. The fourth-order valence-electron chi connectivity index (χ4n) is 1.77. The van der Waals surface area contributed by atoms with Crippen LogP contribution in [-0.4, -0.2) is 57.2 Å². The molecule has 0 bridgehead atoms. The monoisotopic (exact) mass is 290 g/mol. The molecule has 2 saturated heterocycles. The van der Waals surface area contributed by atoms with Crippen molar-refractivity contribution in [1.29, 1.82) is 0 Å². The van der Waals surface area contributed by atoms with Crippen molar-refractivity contribution in [2.45, 2.75) is 38.3 Å². The quantitative estimate of drug-likeness (QED) is 0.487.